The topological polar surface area (TPSA) is 92.8 Å². The van der Waals surface area contributed by atoms with Crippen molar-refractivity contribution in [1.82, 2.24) is 9.62 Å². The fourth-order valence-electron chi connectivity index (χ4n) is 2.08. The maximum atomic E-state index is 12.4. The molecule has 0 aromatic heterocycles. The molecule has 8 heteroatoms. The molecule has 0 saturated carbocycles. The number of rotatable bonds is 8. The van der Waals surface area contributed by atoms with Crippen molar-refractivity contribution in [3.05, 3.63) is 29.8 Å². The number of likely N-dealkylation sites (N-methyl/N-ethyl adjacent to an activating group) is 1. The number of sulfonamides is 1. The molecule has 0 aliphatic carbocycles. The molecule has 0 bridgehead atoms. The van der Waals surface area contributed by atoms with Crippen molar-refractivity contribution in [2.45, 2.75) is 38.7 Å². The number of hydrogen-bond donors (Lipinski definition) is 1. The van der Waals surface area contributed by atoms with Crippen molar-refractivity contribution in [3.63, 3.8) is 0 Å². The first-order valence-electron chi connectivity index (χ1n) is 7.86. The minimum atomic E-state index is -3.57. The van der Waals surface area contributed by atoms with E-state index in [1.807, 2.05) is 0 Å². The number of carbonyl (C=O) groups is 2. The smallest absolute Gasteiger partial charge is 0.338 e. The first-order valence-corrected chi connectivity index (χ1v) is 9.30. The van der Waals surface area contributed by atoms with Gasteiger partial charge in [0.25, 0.3) is 5.91 Å². The largest absolute Gasteiger partial charge is 0.449 e. The lowest BCUT2D eigenvalue weighted by Crippen LogP contribution is -2.35. The zero-order valence-electron chi connectivity index (χ0n) is 14.4. The average Bonchev–Trinajstić information content (AvgIpc) is 2.56. The van der Waals surface area contributed by atoms with E-state index in [4.69, 9.17) is 4.74 Å². The third-order valence-corrected chi connectivity index (χ3v) is 5.50. The zero-order valence-corrected chi connectivity index (χ0v) is 15.2. The summed E-state index contributed by atoms with van der Waals surface area (Å²) in [7, 11) is -3.57. The Morgan fingerprint density at radius 2 is 1.67 bits per heavy atom. The van der Waals surface area contributed by atoms with Crippen LogP contribution < -0.4 is 5.32 Å². The van der Waals surface area contributed by atoms with E-state index in [1.54, 1.807) is 20.8 Å². The van der Waals surface area contributed by atoms with E-state index in [2.05, 4.69) is 5.32 Å². The van der Waals surface area contributed by atoms with Gasteiger partial charge >= 0.3 is 5.97 Å². The SMILES string of the molecule is CCNC(=O)[C@H](C)OC(=O)c1ccc(S(=O)(=O)N(CC)CC)cc1. The van der Waals surface area contributed by atoms with Crippen LogP contribution in [-0.4, -0.2) is 50.3 Å². The zero-order chi connectivity index (χ0) is 18.3. The van der Waals surface area contributed by atoms with Gasteiger partial charge in [-0.25, -0.2) is 13.2 Å². The summed E-state index contributed by atoms with van der Waals surface area (Å²) in [5.41, 5.74) is 0.185. The molecule has 134 valence electrons. The van der Waals surface area contributed by atoms with Crippen LogP contribution in [0.4, 0.5) is 0 Å². The van der Waals surface area contributed by atoms with E-state index in [1.165, 1.54) is 35.5 Å². The molecule has 0 radical (unpaired) electrons. The summed E-state index contributed by atoms with van der Waals surface area (Å²) in [6, 6.07) is 5.48. The van der Waals surface area contributed by atoms with Crippen LogP contribution >= 0.6 is 0 Å². The molecule has 0 heterocycles. The molecule has 0 spiro atoms. The molecule has 1 aromatic carbocycles. The quantitative estimate of drug-likeness (QED) is 0.711. The molecule has 1 aromatic rings. The molecular formula is C16H24N2O5S. The molecule has 0 saturated heterocycles. The van der Waals surface area contributed by atoms with E-state index in [0.717, 1.165) is 0 Å². The number of esters is 1. The minimum absolute atomic E-state index is 0.111. The monoisotopic (exact) mass is 356 g/mol. The molecule has 1 amide bonds. The predicted octanol–water partition coefficient (Wildman–Crippen LogP) is 1.40. The lowest BCUT2D eigenvalue weighted by molar-refractivity contribution is -0.128. The Hall–Kier alpha value is -1.93. The minimum Gasteiger partial charge on any atom is -0.449 e. The third-order valence-electron chi connectivity index (χ3n) is 3.44. The summed E-state index contributed by atoms with van der Waals surface area (Å²) in [5.74, 6) is -1.06. The van der Waals surface area contributed by atoms with Gasteiger partial charge in [-0.15, -0.1) is 0 Å². The normalized spacial score (nSPS) is 12.7. The fraction of sp³-hybridized carbons (Fsp3) is 0.500. The number of amides is 1. The molecule has 0 fully saturated rings. The Balaban J connectivity index is 2.88. The van der Waals surface area contributed by atoms with Gasteiger partial charge in [-0.1, -0.05) is 13.8 Å². The lowest BCUT2D eigenvalue weighted by Gasteiger charge is -2.18. The maximum absolute atomic E-state index is 12.4. The number of carbonyl (C=O) groups excluding carboxylic acids is 2. The van der Waals surface area contributed by atoms with Crippen LogP contribution in [0.25, 0.3) is 0 Å². The van der Waals surface area contributed by atoms with Gasteiger partial charge in [0, 0.05) is 19.6 Å². The summed E-state index contributed by atoms with van der Waals surface area (Å²) in [4.78, 5) is 23.7. The lowest BCUT2D eigenvalue weighted by atomic mass is 10.2. The van der Waals surface area contributed by atoms with Crippen LogP contribution in [0.1, 0.15) is 38.1 Å². The van der Waals surface area contributed by atoms with Crippen LogP contribution in [0.3, 0.4) is 0 Å². The third kappa shape index (κ3) is 4.78. The second-order valence-electron chi connectivity index (χ2n) is 5.06. The van der Waals surface area contributed by atoms with E-state index >= 15 is 0 Å². The highest BCUT2D eigenvalue weighted by Gasteiger charge is 2.23. The van der Waals surface area contributed by atoms with Gasteiger partial charge in [-0.3, -0.25) is 4.79 Å². The molecule has 1 N–H and O–H groups in total. The van der Waals surface area contributed by atoms with Gasteiger partial charge in [-0.2, -0.15) is 4.31 Å². The van der Waals surface area contributed by atoms with Crippen molar-refractivity contribution in [3.8, 4) is 0 Å². The molecule has 7 nitrogen and oxygen atoms in total. The van der Waals surface area contributed by atoms with E-state index in [0.29, 0.717) is 19.6 Å². The van der Waals surface area contributed by atoms with Crippen molar-refractivity contribution in [2.24, 2.45) is 0 Å². The second-order valence-corrected chi connectivity index (χ2v) is 6.99. The second kappa shape index (κ2) is 8.79. The molecule has 0 aliphatic heterocycles. The molecule has 0 unspecified atom stereocenters. The molecule has 0 aliphatic rings. The van der Waals surface area contributed by atoms with Crippen LogP contribution in [0, 0.1) is 0 Å². The number of nitrogens with one attached hydrogen (secondary N) is 1. The van der Waals surface area contributed by atoms with Crippen LogP contribution in [-0.2, 0) is 19.6 Å². The van der Waals surface area contributed by atoms with Crippen molar-refractivity contribution in [1.29, 1.82) is 0 Å². The van der Waals surface area contributed by atoms with Crippen LogP contribution in [0.5, 0.6) is 0 Å². The number of benzene rings is 1. The number of hydrogen-bond acceptors (Lipinski definition) is 5. The number of ether oxygens (including phenoxy) is 1. The van der Waals surface area contributed by atoms with Gasteiger partial charge in [0.1, 0.15) is 0 Å². The van der Waals surface area contributed by atoms with Gasteiger partial charge in [0.2, 0.25) is 10.0 Å². The van der Waals surface area contributed by atoms with Crippen molar-refractivity contribution in [2.75, 3.05) is 19.6 Å². The maximum Gasteiger partial charge on any atom is 0.338 e. The van der Waals surface area contributed by atoms with Gasteiger partial charge in [0.05, 0.1) is 10.5 Å². The molecule has 24 heavy (non-hydrogen) atoms. The Morgan fingerprint density at radius 3 is 2.12 bits per heavy atom. The molecule has 1 rings (SSSR count). The molecular weight excluding hydrogens is 332 g/mol. The summed E-state index contributed by atoms with van der Waals surface area (Å²) in [5, 5.41) is 2.56. The summed E-state index contributed by atoms with van der Waals surface area (Å²) in [6.45, 7) is 7.94. The Kier molecular flexibility index (Phi) is 7.37. The first kappa shape index (κ1) is 20.1. The average molecular weight is 356 g/mol. The van der Waals surface area contributed by atoms with E-state index in [9.17, 15) is 18.0 Å². The van der Waals surface area contributed by atoms with Crippen LogP contribution in [0.2, 0.25) is 0 Å². The predicted molar refractivity (Wildman–Crippen MR) is 90.1 cm³/mol. The van der Waals surface area contributed by atoms with Crippen molar-refractivity contribution < 1.29 is 22.7 Å². The standard InChI is InChI=1S/C16H24N2O5S/c1-5-17-15(19)12(4)23-16(20)13-8-10-14(11-9-13)24(21,22)18(6-2)7-3/h8-12H,5-7H2,1-4H3,(H,17,19)/t12-/m0/s1. The highest BCUT2D eigenvalue weighted by atomic mass is 32.2. The van der Waals surface area contributed by atoms with Gasteiger partial charge in [0.15, 0.2) is 6.10 Å². The molecule has 1 atom stereocenters. The fourth-order valence-corrected chi connectivity index (χ4v) is 3.53. The van der Waals surface area contributed by atoms with Gasteiger partial charge < -0.3 is 10.1 Å². The van der Waals surface area contributed by atoms with E-state index in [-0.39, 0.29) is 16.4 Å². The Morgan fingerprint density at radius 1 is 1.12 bits per heavy atom. The summed E-state index contributed by atoms with van der Waals surface area (Å²) in [6.07, 6.45) is -0.920. The van der Waals surface area contributed by atoms with E-state index < -0.39 is 22.1 Å². The van der Waals surface area contributed by atoms with Crippen LogP contribution in [0.15, 0.2) is 29.2 Å². The summed E-state index contributed by atoms with van der Waals surface area (Å²) >= 11 is 0. The number of nitrogens with zero attached hydrogens (tertiary/aromatic N) is 1. The highest BCUT2D eigenvalue weighted by Crippen LogP contribution is 2.17. The highest BCUT2D eigenvalue weighted by molar-refractivity contribution is 7.89. The van der Waals surface area contributed by atoms with Gasteiger partial charge in [-0.05, 0) is 38.1 Å². The van der Waals surface area contributed by atoms with Crippen molar-refractivity contribution >= 4 is 21.9 Å². The Labute approximate surface area is 143 Å². The summed E-state index contributed by atoms with van der Waals surface area (Å²) < 4.78 is 31.1. The Bertz CT molecular complexity index is 666. The first-order chi connectivity index (χ1) is 11.3.